The highest BCUT2D eigenvalue weighted by atomic mass is 16.5. The summed E-state index contributed by atoms with van der Waals surface area (Å²) in [5.74, 6) is -1.95. The average molecular weight is 556 g/mol. The molecule has 0 aromatic heterocycles. The summed E-state index contributed by atoms with van der Waals surface area (Å²) >= 11 is 0. The maximum Gasteiger partial charge on any atom is 0.338 e. The minimum atomic E-state index is -0.753. The van der Waals surface area contributed by atoms with Crippen molar-refractivity contribution in [2.45, 2.75) is 19.8 Å². The van der Waals surface area contributed by atoms with Gasteiger partial charge >= 0.3 is 5.97 Å². The first-order chi connectivity index (χ1) is 19.6. The van der Waals surface area contributed by atoms with Crippen LogP contribution in [0.3, 0.4) is 0 Å². The number of esters is 1. The molecule has 3 amide bonds. The van der Waals surface area contributed by atoms with Gasteiger partial charge in [-0.2, -0.15) is 0 Å². The molecule has 212 valence electrons. The van der Waals surface area contributed by atoms with E-state index < -0.39 is 11.9 Å². The molecule has 0 spiro atoms. The van der Waals surface area contributed by atoms with Crippen molar-refractivity contribution in [2.24, 2.45) is 4.99 Å². The van der Waals surface area contributed by atoms with Gasteiger partial charge in [-0.1, -0.05) is 36.4 Å². The van der Waals surface area contributed by atoms with Crippen LogP contribution < -0.4 is 15.5 Å². The number of fused-ring (bicyclic) bond motifs is 1. The van der Waals surface area contributed by atoms with Crippen LogP contribution in [0.2, 0.25) is 0 Å². The Labute approximate surface area is 239 Å². The summed E-state index contributed by atoms with van der Waals surface area (Å²) in [6.07, 6.45) is 0. The highest BCUT2D eigenvalue weighted by Crippen LogP contribution is 2.38. The first-order valence-corrected chi connectivity index (χ1v) is 13.2. The van der Waals surface area contributed by atoms with E-state index in [4.69, 9.17) is 9.73 Å². The number of carbonyl (C=O) groups excluding carboxylic acids is 4. The third-order valence-electron chi connectivity index (χ3n) is 6.47. The SMILES string of the molecule is CCOC(=O)c1ccc2c(c1)NC(=O)C2C(=Nc1ccc(N(C)C(=O)CN(C)C)c(NC(C)=O)c1)c1ccccc1. The number of rotatable bonds is 9. The number of benzene rings is 3. The molecule has 1 atom stereocenters. The smallest absolute Gasteiger partial charge is 0.338 e. The molecule has 10 nitrogen and oxygen atoms in total. The van der Waals surface area contributed by atoms with Gasteiger partial charge in [0.1, 0.15) is 5.92 Å². The van der Waals surface area contributed by atoms with E-state index in [1.54, 1.807) is 69.4 Å². The normalized spacial score (nSPS) is 14.3. The second-order valence-corrected chi connectivity index (χ2v) is 9.88. The van der Waals surface area contributed by atoms with Crippen molar-refractivity contribution >= 4 is 52.2 Å². The van der Waals surface area contributed by atoms with Crippen LogP contribution in [0.25, 0.3) is 0 Å². The first kappa shape index (κ1) is 29.2. The number of nitrogens with zero attached hydrogens (tertiary/aromatic N) is 3. The molecule has 41 heavy (non-hydrogen) atoms. The van der Waals surface area contributed by atoms with E-state index in [0.29, 0.717) is 39.6 Å². The van der Waals surface area contributed by atoms with Crippen LogP contribution in [0.5, 0.6) is 0 Å². The van der Waals surface area contributed by atoms with Gasteiger partial charge in [0.25, 0.3) is 0 Å². The fourth-order valence-corrected chi connectivity index (χ4v) is 4.61. The molecule has 1 unspecified atom stereocenters. The van der Waals surface area contributed by atoms with Crippen molar-refractivity contribution in [3.05, 3.63) is 83.4 Å². The Balaban J connectivity index is 1.80. The van der Waals surface area contributed by atoms with Gasteiger partial charge in [0.15, 0.2) is 0 Å². The quantitative estimate of drug-likeness (QED) is 0.302. The minimum absolute atomic E-state index is 0.149. The number of carbonyl (C=O) groups is 4. The summed E-state index contributed by atoms with van der Waals surface area (Å²) in [6.45, 7) is 3.56. The van der Waals surface area contributed by atoms with Crippen LogP contribution in [-0.4, -0.2) is 68.6 Å². The van der Waals surface area contributed by atoms with E-state index in [1.807, 2.05) is 30.3 Å². The van der Waals surface area contributed by atoms with Gasteiger partial charge in [0.2, 0.25) is 17.7 Å². The van der Waals surface area contributed by atoms with Crippen LogP contribution in [0, 0.1) is 0 Å². The Hall–Kier alpha value is -4.83. The molecule has 3 aromatic rings. The van der Waals surface area contributed by atoms with Gasteiger partial charge < -0.3 is 25.2 Å². The molecule has 10 heteroatoms. The van der Waals surface area contributed by atoms with Crippen molar-refractivity contribution < 1.29 is 23.9 Å². The van der Waals surface area contributed by atoms with Gasteiger partial charge in [0.05, 0.1) is 41.5 Å². The topological polar surface area (TPSA) is 120 Å². The Morgan fingerprint density at radius 2 is 1.71 bits per heavy atom. The van der Waals surface area contributed by atoms with Crippen molar-refractivity contribution in [1.82, 2.24) is 4.90 Å². The molecule has 1 aliphatic rings. The first-order valence-electron chi connectivity index (χ1n) is 13.2. The predicted molar refractivity (Wildman–Crippen MR) is 159 cm³/mol. The number of hydrogen-bond donors (Lipinski definition) is 2. The molecule has 3 aromatic carbocycles. The zero-order valence-electron chi connectivity index (χ0n) is 23.7. The molecule has 0 radical (unpaired) electrons. The van der Waals surface area contributed by atoms with Crippen molar-refractivity contribution in [1.29, 1.82) is 0 Å². The molecule has 0 saturated heterocycles. The lowest BCUT2D eigenvalue weighted by Gasteiger charge is -2.23. The summed E-state index contributed by atoms with van der Waals surface area (Å²) < 4.78 is 5.10. The summed E-state index contributed by atoms with van der Waals surface area (Å²) in [4.78, 5) is 58.6. The molecule has 0 aliphatic carbocycles. The molecule has 0 bridgehead atoms. The maximum absolute atomic E-state index is 13.3. The number of aliphatic imine (C=N–C) groups is 1. The number of likely N-dealkylation sites (N-methyl/N-ethyl adjacent to an activating group) is 2. The van der Waals surface area contributed by atoms with E-state index in [9.17, 15) is 19.2 Å². The molecular formula is C31H33N5O5. The molecular weight excluding hydrogens is 522 g/mol. The van der Waals surface area contributed by atoms with Crippen LogP contribution in [0.4, 0.5) is 22.7 Å². The highest BCUT2D eigenvalue weighted by molar-refractivity contribution is 6.24. The number of anilines is 3. The van der Waals surface area contributed by atoms with E-state index in [2.05, 4.69) is 10.6 Å². The fraction of sp³-hybridized carbons (Fsp3) is 0.258. The molecule has 2 N–H and O–H groups in total. The van der Waals surface area contributed by atoms with E-state index in [1.165, 1.54) is 11.8 Å². The monoisotopic (exact) mass is 555 g/mol. The lowest BCUT2D eigenvalue weighted by molar-refractivity contribution is -0.119. The number of hydrogen-bond acceptors (Lipinski definition) is 7. The standard InChI is InChI=1S/C31H33N5O5/c1-6-41-31(40)21-12-14-23-24(16-21)34-30(39)28(23)29(20-10-8-7-9-11-20)33-22-13-15-26(25(17-22)32-19(2)37)36(5)27(38)18-35(3)4/h7-17,28H,6,18H2,1-5H3,(H,32,37)(H,34,39). The summed E-state index contributed by atoms with van der Waals surface area (Å²) in [5.41, 5.74) is 4.17. The van der Waals surface area contributed by atoms with Gasteiger partial charge in [-0.05, 0) is 62.5 Å². The van der Waals surface area contributed by atoms with E-state index in [0.717, 1.165) is 5.56 Å². The van der Waals surface area contributed by atoms with Crippen LogP contribution in [0.1, 0.15) is 41.3 Å². The van der Waals surface area contributed by atoms with Crippen molar-refractivity contribution in [2.75, 3.05) is 49.8 Å². The predicted octanol–water partition coefficient (Wildman–Crippen LogP) is 4.20. The van der Waals surface area contributed by atoms with Crippen LogP contribution in [0.15, 0.2) is 71.7 Å². The maximum atomic E-state index is 13.3. The number of nitrogens with one attached hydrogen (secondary N) is 2. The fourth-order valence-electron chi connectivity index (χ4n) is 4.61. The Kier molecular flexibility index (Phi) is 8.94. The van der Waals surface area contributed by atoms with E-state index >= 15 is 0 Å². The minimum Gasteiger partial charge on any atom is -0.462 e. The van der Waals surface area contributed by atoms with Crippen molar-refractivity contribution in [3.8, 4) is 0 Å². The summed E-state index contributed by atoms with van der Waals surface area (Å²) in [5, 5.41) is 5.68. The third-order valence-corrected chi connectivity index (χ3v) is 6.47. The average Bonchev–Trinajstić information content (AvgIpc) is 3.26. The lowest BCUT2D eigenvalue weighted by atomic mass is 9.90. The number of amides is 3. The lowest BCUT2D eigenvalue weighted by Crippen LogP contribution is -2.35. The Morgan fingerprint density at radius 1 is 0.976 bits per heavy atom. The number of ether oxygens (including phenoxy) is 1. The van der Waals surface area contributed by atoms with Gasteiger partial charge in [-0.3, -0.25) is 19.4 Å². The van der Waals surface area contributed by atoms with Crippen LogP contribution in [-0.2, 0) is 19.1 Å². The van der Waals surface area contributed by atoms with Gasteiger partial charge in [0, 0.05) is 19.7 Å². The molecule has 0 saturated carbocycles. The van der Waals surface area contributed by atoms with Gasteiger partial charge in [-0.25, -0.2) is 4.79 Å². The Morgan fingerprint density at radius 3 is 2.37 bits per heavy atom. The molecule has 4 rings (SSSR count). The third kappa shape index (κ3) is 6.67. The summed E-state index contributed by atoms with van der Waals surface area (Å²) in [7, 11) is 5.26. The molecule has 1 heterocycles. The second kappa shape index (κ2) is 12.6. The Bertz CT molecular complexity index is 1520. The largest absolute Gasteiger partial charge is 0.462 e. The zero-order valence-corrected chi connectivity index (χ0v) is 23.7. The van der Waals surface area contributed by atoms with Crippen molar-refractivity contribution in [3.63, 3.8) is 0 Å². The second-order valence-electron chi connectivity index (χ2n) is 9.88. The van der Waals surface area contributed by atoms with Crippen LogP contribution >= 0.6 is 0 Å². The zero-order chi connectivity index (χ0) is 29.7. The van der Waals surface area contributed by atoms with E-state index in [-0.39, 0.29) is 30.9 Å². The molecule has 1 aliphatic heterocycles. The summed E-state index contributed by atoms with van der Waals surface area (Å²) in [6, 6.07) is 19.4. The van der Waals surface area contributed by atoms with Gasteiger partial charge in [-0.15, -0.1) is 0 Å². The molecule has 0 fully saturated rings. The highest BCUT2D eigenvalue weighted by Gasteiger charge is 2.36.